The van der Waals surface area contributed by atoms with Crippen LogP contribution >= 0.6 is 0 Å². The van der Waals surface area contributed by atoms with Gasteiger partial charge in [-0.25, -0.2) is 0 Å². The molecule has 0 aliphatic heterocycles. The zero-order valence-electron chi connectivity index (χ0n) is 14.4. The van der Waals surface area contributed by atoms with Crippen LogP contribution in [0.25, 0.3) is 22.5 Å². The average Bonchev–Trinajstić information content (AvgIpc) is 3.27. The first kappa shape index (κ1) is 16.1. The van der Waals surface area contributed by atoms with E-state index < -0.39 is 0 Å². The molecule has 0 bridgehead atoms. The number of hydrogen-bond acceptors (Lipinski definition) is 4. The van der Waals surface area contributed by atoms with E-state index in [1.165, 1.54) is 5.56 Å². The van der Waals surface area contributed by atoms with E-state index in [1.54, 1.807) is 6.07 Å². The van der Waals surface area contributed by atoms with Crippen LogP contribution in [0.2, 0.25) is 0 Å². The Balaban J connectivity index is 1.39. The lowest BCUT2D eigenvalue weighted by molar-refractivity contribution is -0.120. The monoisotopic (exact) mass is 346 g/mol. The Hall–Kier alpha value is -3.34. The van der Waals surface area contributed by atoms with E-state index in [-0.39, 0.29) is 12.3 Å². The fourth-order valence-corrected chi connectivity index (χ4v) is 2.75. The summed E-state index contributed by atoms with van der Waals surface area (Å²) in [7, 11) is 0. The summed E-state index contributed by atoms with van der Waals surface area (Å²) in [4.78, 5) is 12.1. The van der Waals surface area contributed by atoms with Crippen molar-refractivity contribution < 1.29 is 13.7 Å². The minimum absolute atomic E-state index is 0.102. The number of carbonyl (C=O) groups is 1. The normalized spacial score (nSPS) is 11.0. The summed E-state index contributed by atoms with van der Waals surface area (Å²) in [6.07, 6.45) is 0.162. The number of nitrogens with one attached hydrogen (secondary N) is 1. The Labute approximate surface area is 150 Å². The molecule has 0 fully saturated rings. The van der Waals surface area contributed by atoms with Crippen LogP contribution in [-0.2, 0) is 17.8 Å². The van der Waals surface area contributed by atoms with Gasteiger partial charge in [-0.15, -0.1) is 0 Å². The molecule has 0 unspecified atom stereocenters. The van der Waals surface area contributed by atoms with Crippen LogP contribution in [-0.4, -0.2) is 11.1 Å². The van der Waals surface area contributed by atoms with Gasteiger partial charge in [0.2, 0.25) is 11.7 Å². The van der Waals surface area contributed by atoms with Gasteiger partial charge < -0.3 is 14.3 Å². The number of hydrogen-bond donors (Lipinski definition) is 1. The second-order valence-electron chi connectivity index (χ2n) is 6.27. The Morgan fingerprint density at radius 2 is 1.85 bits per heavy atom. The maximum atomic E-state index is 12.1. The molecular formula is C21H18N2O3. The van der Waals surface area contributed by atoms with Gasteiger partial charge in [0.05, 0.1) is 12.1 Å². The number of para-hydroxylation sites is 1. The van der Waals surface area contributed by atoms with E-state index in [0.29, 0.717) is 23.8 Å². The molecule has 1 N–H and O–H groups in total. The number of furan rings is 1. The molecule has 2 aromatic heterocycles. The van der Waals surface area contributed by atoms with Crippen LogP contribution in [0, 0.1) is 6.92 Å². The van der Waals surface area contributed by atoms with Crippen molar-refractivity contribution in [2.75, 3.05) is 0 Å². The van der Waals surface area contributed by atoms with Crippen molar-refractivity contribution in [3.8, 4) is 11.5 Å². The minimum atomic E-state index is -0.102. The van der Waals surface area contributed by atoms with Crippen molar-refractivity contribution in [3.05, 3.63) is 77.5 Å². The molecule has 1 amide bonds. The molecule has 0 spiro atoms. The van der Waals surface area contributed by atoms with E-state index in [1.807, 2.05) is 61.5 Å². The van der Waals surface area contributed by atoms with Gasteiger partial charge in [0, 0.05) is 18.0 Å². The average molecular weight is 346 g/mol. The summed E-state index contributed by atoms with van der Waals surface area (Å²) < 4.78 is 11.1. The lowest BCUT2D eigenvalue weighted by atomic mass is 10.1. The molecule has 0 saturated carbocycles. The standard InChI is InChI=1S/C21H18N2O3/c1-14-6-8-15(9-7-14)13-22-21(24)12-17-11-20(26-23-17)19-10-16-4-2-3-5-18(16)25-19/h2-11H,12-13H2,1H3,(H,22,24). The van der Waals surface area contributed by atoms with Gasteiger partial charge in [-0.05, 0) is 24.6 Å². The third-order valence-corrected chi connectivity index (χ3v) is 4.18. The molecule has 0 radical (unpaired) electrons. The molecule has 2 aromatic carbocycles. The number of aryl methyl sites for hydroxylation is 1. The van der Waals surface area contributed by atoms with Gasteiger partial charge in [0.25, 0.3) is 0 Å². The number of carbonyl (C=O) groups excluding carboxylic acids is 1. The second-order valence-corrected chi connectivity index (χ2v) is 6.27. The van der Waals surface area contributed by atoms with Gasteiger partial charge in [-0.1, -0.05) is 53.2 Å². The fraction of sp³-hybridized carbons (Fsp3) is 0.143. The Morgan fingerprint density at radius 3 is 2.65 bits per heavy atom. The lowest BCUT2D eigenvalue weighted by Crippen LogP contribution is -2.24. The minimum Gasteiger partial charge on any atom is -0.453 e. The van der Waals surface area contributed by atoms with Crippen molar-refractivity contribution in [2.45, 2.75) is 19.9 Å². The number of aromatic nitrogens is 1. The number of amides is 1. The van der Waals surface area contributed by atoms with E-state index >= 15 is 0 Å². The van der Waals surface area contributed by atoms with Crippen molar-refractivity contribution in [1.29, 1.82) is 0 Å². The van der Waals surface area contributed by atoms with Crippen molar-refractivity contribution in [1.82, 2.24) is 10.5 Å². The first-order valence-electron chi connectivity index (χ1n) is 8.44. The Kier molecular flexibility index (Phi) is 4.27. The van der Waals surface area contributed by atoms with E-state index in [2.05, 4.69) is 10.5 Å². The van der Waals surface area contributed by atoms with Crippen LogP contribution in [0.15, 0.2) is 69.6 Å². The van der Waals surface area contributed by atoms with E-state index in [0.717, 1.165) is 16.5 Å². The van der Waals surface area contributed by atoms with Gasteiger partial charge in [-0.3, -0.25) is 4.79 Å². The molecule has 130 valence electrons. The molecule has 0 saturated heterocycles. The maximum Gasteiger partial charge on any atom is 0.226 e. The van der Waals surface area contributed by atoms with Gasteiger partial charge in [0.1, 0.15) is 5.58 Å². The van der Waals surface area contributed by atoms with Crippen molar-refractivity contribution in [2.24, 2.45) is 0 Å². The number of rotatable bonds is 5. The van der Waals surface area contributed by atoms with Gasteiger partial charge in [-0.2, -0.15) is 0 Å². The fourth-order valence-electron chi connectivity index (χ4n) is 2.75. The van der Waals surface area contributed by atoms with Crippen LogP contribution < -0.4 is 5.32 Å². The maximum absolute atomic E-state index is 12.1. The van der Waals surface area contributed by atoms with Crippen molar-refractivity contribution >= 4 is 16.9 Å². The molecule has 26 heavy (non-hydrogen) atoms. The highest BCUT2D eigenvalue weighted by Crippen LogP contribution is 2.28. The smallest absolute Gasteiger partial charge is 0.226 e. The first-order chi connectivity index (χ1) is 12.7. The Bertz CT molecular complexity index is 1010. The number of fused-ring (bicyclic) bond motifs is 1. The predicted octanol–water partition coefficient (Wildman–Crippen LogP) is 4.26. The summed E-state index contributed by atoms with van der Waals surface area (Å²) in [5.74, 6) is 1.02. The van der Waals surface area contributed by atoms with Crippen LogP contribution in [0.1, 0.15) is 16.8 Å². The molecule has 0 atom stereocenters. The molecule has 2 heterocycles. The Morgan fingerprint density at radius 1 is 1.04 bits per heavy atom. The summed E-state index contributed by atoms with van der Waals surface area (Å²) in [5, 5.41) is 7.86. The number of benzene rings is 2. The molecule has 4 aromatic rings. The zero-order valence-corrected chi connectivity index (χ0v) is 14.4. The predicted molar refractivity (Wildman–Crippen MR) is 98.4 cm³/mol. The lowest BCUT2D eigenvalue weighted by Gasteiger charge is -2.04. The van der Waals surface area contributed by atoms with Crippen molar-refractivity contribution in [3.63, 3.8) is 0 Å². The highest BCUT2D eigenvalue weighted by Gasteiger charge is 2.14. The number of nitrogens with zero attached hydrogens (tertiary/aromatic N) is 1. The molecule has 0 aliphatic rings. The summed E-state index contributed by atoms with van der Waals surface area (Å²) >= 11 is 0. The summed E-state index contributed by atoms with van der Waals surface area (Å²) in [5.41, 5.74) is 3.62. The van der Waals surface area contributed by atoms with Crippen LogP contribution in [0.5, 0.6) is 0 Å². The molecule has 5 heteroatoms. The van der Waals surface area contributed by atoms with E-state index in [9.17, 15) is 4.79 Å². The van der Waals surface area contributed by atoms with Gasteiger partial charge >= 0.3 is 0 Å². The second kappa shape index (κ2) is 6.88. The summed E-state index contributed by atoms with van der Waals surface area (Å²) in [6.45, 7) is 2.53. The van der Waals surface area contributed by atoms with Gasteiger partial charge in [0.15, 0.2) is 5.76 Å². The summed E-state index contributed by atoms with van der Waals surface area (Å²) in [6, 6.07) is 19.4. The SMILES string of the molecule is Cc1ccc(CNC(=O)Cc2cc(-c3cc4ccccc4o3)on2)cc1. The van der Waals surface area contributed by atoms with E-state index in [4.69, 9.17) is 8.94 Å². The highest BCUT2D eigenvalue weighted by molar-refractivity contribution is 5.82. The molecular weight excluding hydrogens is 328 g/mol. The third-order valence-electron chi connectivity index (χ3n) is 4.18. The zero-order chi connectivity index (χ0) is 17.9. The highest BCUT2D eigenvalue weighted by atomic mass is 16.5. The largest absolute Gasteiger partial charge is 0.453 e. The molecule has 0 aliphatic carbocycles. The topological polar surface area (TPSA) is 68.3 Å². The first-order valence-corrected chi connectivity index (χ1v) is 8.44. The quantitative estimate of drug-likeness (QED) is 0.586. The van der Waals surface area contributed by atoms with Crippen LogP contribution in [0.4, 0.5) is 0 Å². The molecule has 4 rings (SSSR count). The molecule has 5 nitrogen and oxygen atoms in total. The van der Waals surface area contributed by atoms with Crippen LogP contribution in [0.3, 0.4) is 0 Å². The third kappa shape index (κ3) is 3.52.